The summed E-state index contributed by atoms with van der Waals surface area (Å²) in [5, 5.41) is 11.9. The molecule has 1 aromatic carbocycles. The lowest BCUT2D eigenvalue weighted by molar-refractivity contribution is -0.136. The van der Waals surface area contributed by atoms with Crippen molar-refractivity contribution in [3.63, 3.8) is 0 Å². The molecule has 0 spiro atoms. The zero-order valence-electron chi connectivity index (χ0n) is 12.0. The van der Waals surface area contributed by atoms with Gasteiger partial charge in [0.2, 0.25) is 0 Å². The van der Waals surface area contributed by atoms with Gasteiger partial charge in [0.25, 0.3) is 10.0 Å². The molecule has 0 bridgehead atoms. The number of carbonyl (C=O) groups is 1. The first-order valence-corrected chi connectivity index (χ1v) is 9.32. The van der Waals surface area contributed by atoms with E-state index in [9.17, 15) is 13.2 Å². The molecule has 23 heavy (non-hydrogen) atoms. The molecular formula is C15H12ClNO4S2. The molecule has 5 nitrogen and oxygen atoms in total. The normalized spacial score (nSPS) is 11.9. The van der Waals surface area contributed by atoms with Crippen LogP contribution in [0.1, 0.15) is 11.3 Å². The van der Waals surface area contributed by atoms with E-state index in [0.717, 1.165) is 0 Å². The van der Waals surface area contributed by atoms with Crippen molar-refractivity contribution < 1.29 is 18.3 Å². The molecule has 0 saturated heterocycles. The highest BCUT2D eigenvalue weighted by Gasteiger charge is 2.26. The molecule has 120 valence electrons. The number of carboxylic acid groups (broad SMARTS) is 1. The van der Waals surface area contributed by atoms with E-state index in [1.807, 2.05) is 0 Å². The molecule has 3 rings (SSSR count). The Morgan fingerprint density at radius 1 is 1.26 bits per heavy atom. The summed E-state index contributed by atoms with van der Waals surface area (Å²) in [4.78, 5) is 11.7. The molecule has 2 heterocycles. The van der Waals surface area contributed by atoms with Crippen molar-refractivity contribution in [2.24, 2.45) is 0 Å². The molecule has 0 atom stereocenters. The summed E-state index contributed by atoms with van der Waals surface area (Å²) in [5.41, 5.74) is 0.940. The lowest BCUT2D eigenvalue weighted by Gasteiger charge is -2.09. The summed E-state index contributed by atoms with van der Waals surface area (Å²) in [6.45, 7) is 1.62. The van der Waals surface area contributed by atoms with Gasteiger partial charge < -0.3 is 5.11 Å². The Hall–Kier alpha value is -1.83. The molecule has 2 aromatic heterocycles. The highest BCUT2D eigenvalue weighted by molar-refractivity contribution is 7.90. The Morgan fingerprint density at radius 3 is 2.52 bits per heavy atom. The van der Waals surface area contributed by atoms with E-state index in [2.05, 4.69) is 0 Å². The summed E-state index contributed by atoms with van der Waals surface area (Å²) in [5.74, 6) is -0.998. The van der Waals surface area contributed by atoms with Crippen molar-refractivity contribution in [3.05, 3.63) is 52.0 Å². The van der Waals surface area contributed by atoms with Crippen LogP contribution < -0.4 is 0 Å². The van der Waals surface area contributed by atoms with Gasteiger partial charge in [0.05, 0.1) is 11.3 Å². The smallest absolute Gasteiger partial charge is 0.307 e. The van der Waals surface area contributed by atoms with Crippen molar-refractivity contribution in [2.45, 2.75) is 18.2 Å². The first-order valence-electron chi connectivity index (χ1n) is 6.62. The van der Waals surface area contributed by atoms with Gasteiger partial charge in [-0.15, -0.1) is 11.3 Å². The van der Waals surface area contributed by atoms with Gasteiger partial charge in [-0.25, -0.2) is 12.4 Å². The monoisotopic (exact) mass is 369 g/mol. The van der Waals surface area contributed by atoms with E-state index in [4.69, 9.17) is 16.7 Å². The topological polar surface area (TPSA) is 76.4 Å². The largest absolute Gasteiger partial charge is 0.481 e. The summed E-state index contributed by atoms with van der Waals surface area (Å²) >= 11 is 7.08. The SMILES string of the molecule is Cc1c(CC(=O)O)c2ccsc2n1S(=O)(=O)c1ccc(Cl)cc1. The number of benzene rings is 1. The van der Waals surface area contributed by atoms with E-state index in [0.29, 0.717) is 26.5 Å². The fourth-order valence-corrected chi connectivity index (χ4v) is 5.45. The van der Waals surface area contributed by atoms with E-state index >= 15 is 0 Å². The molecular weight excluding hydrogens is 358 g/mol. The number of nitrogens with zero attached hydrogens (tertiary/aromatic N) is 1. The summed E-state index contributed by atoms with van der Waals surface area (Å²) in [7, 11) is -3.82. The van der Waals surface area contributed by atoms with E-state index in [1.165, 1.54) is 39.6 Å². The maximum Gasteiger partial charge on any atom is 0.307 e. The minimum atomic E-state index is -3.82. The van der Waals surface area contributed by atoms with Crippen LogP contribution in [0.3, 0.4) is 0 Å². The van der Waals surface area contributed by atoms with Crippen LogP contribution in [0.4, 0.5) is 0 Å². The first kappa shape index (κ1) is 16.0. The van der Waals surface area contributed by atoms with Crippen molar-refractivity contribution in [3.8, 4) is 0 Å². The number of carboxylic acids is 1. The zero-order valence-corrected chi connectivity index (χ0v) is 14.4. The van der Waals surface area contributed by atoms with Crippen LogP contribution in [0.5, 0.6) is 0 Å². The van der Waals surface area contributed by atoms with E-state index in [-0.39, 0.29) is 11.3 Å². The number of hydrogen-bond acceptors (Lipinski definition) is 4. The Labute approximate surface area is 141 Å². The lowest BCUT2D eigenvalue weighted by Crippen LogP contribution is -2.14. The molecule has 0 aliphatic rings. The fourth-order valence-electron chi connectivity index (χ4n) is 2.53. The molecule has 0 saturated carbocycles. The van der Waals surface area contributed by atoms with Gasteiger partial charge in [-0.1, -0.05) is 11.6 Å². The maximum absolute atomic E-state index is 13.0. The first-order chi connectivity index (χ1) is 10.8. The predicted octanol–water partition coefficient (Wildman–Crippen LogP) is 3.53. The van der Waals surface area contributed by atoms with Gasteiger partial charge in [0.15, 0.2) is 0 Å². The number of fused-ring (bicyclic) bond motifs is 1. The Balaban J connectivity index is 2.27. The number of thiophene rings is 1. The van der Waals surface area contributed by atoms with Crippen molar-refractivity contribution >= 4 is 49.1 Å². The standard InChI is InChI=1S/C15H12ClNO4S2/c1-9-13(8-14(18)19)12-6-7-22-15(12)17(9)23(20,21)11-4-2-10(16)3-5-11/h2-7H,8H2,1H3,(H,18,19). The van der Waals surface area contributed by atoms with Crippen LogP contribution in [0.15, 0.2) is 40.6 Å². The van der Waals surface area contributed by atoms with Crippen molar-refractivity contribution in [1.29, 1.82) is 0 Å². The number of aliphatic carboxylic acids is 1. The van der Waals surface area contributed by atoms with E-state index in [1.54, 1.807) is 18.4 Å². The summed E-state index contributed by atoms with van der Waals surface area (Å²) in [6.07, 6.45) is -0.220. The second kappa shape index (κ2) is 5.67. The minimum Gasteiger partial charge on any atom is -0.481 e. The van der Waals surface area contributed by atoms with Gasteiger partial charge in [0, 0.05) is 16.1 Å². The van der Waals surface area contributed by atoms with Crippen LogP contribution >= 0.6 is 22.9 Å². The number of hydrogen-bond donors (Lipinski definition) is 1. The van der Waals surface area contributed by atoms with Gasteiger partial charge >= 0.3 is 5.97 Å². The quantitative estimate of drug-likeness (QED) is 0.763. The number of halogens is 1. The third kappa shape index (κ3) is 2.65. The van der Waals surface area contributed by atoms with Crippen LogP contribution in [0.2, 0.25) is 5.02 Å². The molecule has 0 aliphatic carbocycles. The molecule has 3 aromatic rings. The van der Waals surface area contributed by atoms with Crippen LogP contribution in [-0.4, -0.2) is 23.5 Å². The molecule has 0 fully saturated rings. The number of rotatable bonds is 4. The van der Waals surface area contributed by atoms with Crippen LogP contribution in [0.25, 0.3) is 10.2 Å². The Morgan fingerprint density at radius 2 is 1.91 bits per heavy atom. The second-order valence-electron chi connectivity index (χ2n) is 5.00. The highest BCUT2D eigenvalue weighted by atomic mass is 35.5. The minimum absolute atomic E-state index is 0.108. The zero-order chi connectivity index (χ0) is 16.8. The fraction of sp³-hybridized carbons (Fsp3) is 0.133. The third-order valence-electron chi connectivity index (χ3n) is 3.58. The van der Waals surface area contributed by atoms with Gasteiger partial charge in [-0.05, 0) is 48.2 Å². The molecule has 8 heteroatoms. The highest BCUT2D eigenvalue weighted by Crippen LogP contribution is 2.34. The van der Waals surface area contributed by atoms with Gasteiger partial charge in [-0.2, -0.15) is 0 Å². The van der Waals surface area contributed by atoms with E-state index < -0.39 is 16.0 Å². The average Bonchev–Trinajstić information content (AvgIpc) is 3.02. The third-order valence-corrected chi connectivity index (χ3v) is 6.65. The molecule has 0 unspecified atom stereocenters. The molecule has 0 amide bonds. The number of aromatic nitrogens is 1. The van der Waals surface area contributed by atoms with Crippen LogP contribution in [-0.2, 0) is 21.2 Å². The lowest BCUT2D eigenvalue weighted by atomic mass is 10.1. The maximum atomic E-state index is 13.0. The molecule has 0 radical (unpaired) electrons. The van der Waals surface area contributed by atoms with Crippen LogP contribution in [0, 0.1) is 6.92 Å². The van der Waals surface area contributed by atoms with Crippen molar-refractivity contribution in [1.82, 2.24) is 3.97 Å². The van der Waals surface area contributed by atoms with Gasteiger partial charge in [-0.3, -0.25) is 4.79 Å². The second-order valence-corrected chi connectivity index (χ2v) is 8.11. The molecule has 0 aliphatic heterocycles. The van der Waals surface area contributed by atoms with Gasteiger partial charge in [0.1, 0.15) is 4.83 Å². The molecule has 1 N–H and O–H groups in total. The summed E-state index contributed by atoms with van der Waals surface area (Å²) in [6, 6.07) is 7.65. The van der Waals surface area contributed by atoms with Crippen molar-refractivity contribution in [2.75, 3.05) is 0 Å². The summed E-state index contributed by atoms with van der Waals surface area (Å²) < 4.78 is 27.1. The Bertz CT molecular complexity index is 1000. The Kier molecular flexibility index (Phi) is 3.95. The predicted molar refractivity (Wildman–Crippen MR) is 89.9 cm³/mol. The average molecular weight is 370 g/mol.